The van der Waals surface area contributed by atoms with Crippen molar-refractivity contribution in [1.29, 1.82) is 0 Å². The number of hydrogen-bond acceptors (Lipinski definition) is 4. The summed E-state index contributed by atoms with van der Waals surface area (Å²) in [6, 6.07) is 1.84. The molecular formula is C9H12N2OS. The molecular weight excluding hydrogens is 184 g/mol. The molecule has 0 fully saturated rings. The van der Waals surface area contributed by atoms with Gasteiger partial charge in [-0.05, 0) is 13.0 Å². The molecule has 0 N–H and O–H groups in total. The van der Waals surface area contributed by atoms with Crippen molar-refractivity contribution >= 4 is 17.5 Å². The fourth-order valence-corrected chi connectivity index (χ4v) is 1.58. The highest BCUT2D eigenvalue weighted by Crippen LogP contribution is 2.12. The van der Waals surface area contributed by atoms with Gasteiger partial charge in [-0.3, -0.25) is 4.79 Å². The van der Waals surface area contributed by atoms with Gasteiger partial charge in [0.15, 0.2) is 5.16 Å². The van der Waals surface area contributed by atoms with Crippen molar-refractivity contribution < 1.29 is 4.79 Å². The molecule has 13 heavy (non-hydrogen) atoms. The zero-order valence-electron chi connectivity index (χ0n) is 7.78. The fraction of sp³-hybridized carbons (Fsp3) is 0.444. The molecule has 1 heterocycles. The molecule has 0 amide bonds. The van der Waals surface area contributed by atoms with E-state index >= 15 is 0 Å². The molecule has 0 unspecified atom stereocenters. The number of carbonyl (C=O) groups is 1. The molecule has 0 radical (unpaired) electrons. The molecule has 0 aliphatic rings. The van der Waals surface area contributed by atoms with Crippen LogP contribution in [0.1, 0.15) is 19.0 Å². The van der Waals surface area contributed by atoms with Gasteiger partial charge in [-0.15, -0.1) is 0 Å². The van der Waals surface area contributed by atoms with Gasteiger partial charge in [0.05, 0.1) is 5.75 Å². The summed E-state index contributed by atoms with van der Waals surface area (Å²) in [5, 5.41) is 0.682. The van der Waals surface area contributed by atoms with Gasteiger partial charge >= 0.3 is 0 Å². The summed E-state index contributed by atoms with van der Waals surface area (Å²) in [5.41, 5.74) is 0.932. The van der Waals surface area contributed by atoms with Gasteiger partial charge < -0.3 is 0 Å². The number of carbonyl (C=O) groups excluding carboxylic acids is 1. The number of nitrogens with zero attached hydrogens (tertiary/aromatic N) is 2. The Kier molecular flexibility index (Phi) is 3.89. The minimum absolute atomic E-state index is 0.232. The highest BCUT2D eigenvalue weighted by atomic mass is 32.2. The minimum Gasteiger partial charge on any atom is -0.299 e. The van der Waals surface area contributed by atoms with Crippen LogP contribution in [0, 0.1) is 6.92 Å². The third kappa shape index (κ3) is 3.55. The Balaban J connectivity index is 2.50. The smallest absolute Gasteiger partial charge is 0.188 e. The Bertz CT molecular complexity index is 301. The van der Waals surface area contributed by atoms with Gasteiger partial charge in [0.1, 0.15) is 5.78 Å². The van der Waals surface area contributed by atoms with Crippen molar-refractivity contribution in [2.45, 2.75) is 25.4 Å². The molecule has 0 spiro atoms. The fourth-order valence-electron chi connectivity index (χ4n) is 0.743. The predicted octanol–water partition coefficient (Wildman–Crippen LogP) is 1.86. The van der Waals surface area contributed by atoms with E-state index in [1.54, 1.807) is 6.20 Å². The van der Waals surface area contributed by atoms with Crippen LogP contribution in [0.3, 0.4) is 0 Å². The Hall–Kier alpha value is -0.900. The molecule has 0 saturated carbocycles. The van der Waals surface area contributed by atoms with E-state index in [0.717, 1.165) is 5.69 Å². The molecule has 3 nitrogen and oxygen atoms in total. The molecule has 4 heteroatoms. The van der Waals surface area contributed by atoms with Crippen LogP contribution >= 0.6 is 11.8 Å². The zero-order chi connectivity index (χ0) is 9.68. The van der Waals surface area contributed by atoms with Gasteiger partial charge in [-0.2, -0.15) is 0 Å². The highest BCUT2D eigenvalue weighted by molar-refractivity contribution is 7.99. The summed E-state index contributed by atoms with van der Waals surface area (Å²) in [4.78, 5) is 19.2. The van der Waals surface area contributed by atoms with Crippen molar-refractivity contribution in [2.24, 2.45) is 0 Å². The number of Topliss-reactive ketones (excluding diaryl/α,β-unsaturated/α-hetero) is 1. The summed E-state index contributed by atoms with van der Waals surface area (Å²) >= 11 is 1.40. The number of ketones is 1. The average Bonchev–Trinajstić information content (AvgIpc) is 2.14. The van der Waals surface area contributed by atoms with E-state index in [1.807, 2.05) is 19.9 Å². The number of rotatable bonds is 4. The Morgan fingerprint density at radius 3 is 3.00 bits per heavy atom. The van der Waals surface area contributed by atoms with Gasteiger partial charge in [0.2, 0.25) is 0 Å². The first-order chi connectivity index (χ1) is 6.22. The first-order valence-corrected chi connectivity index (χ1v) is 5.15. The van der Waals surface area contributed by atoms with Gasteiger partial charge in [-0.25, -0.2) is 9.97 Å². The lowest BCUT2D eigenvalue weighted by molar-refractivity contribution is -0.116. The third-order valence-electron chi connectivity index (χ3n) is 1.53. The minimum atomic E-state index is 0.232. The molecule has 0 atom stereocenters. The lowest BCUT2D eigenvalue weighted by Crippen LogP contribution is -1.99. The summed E-state index contributed by atoms with van der Waals surface area (Å²) in [7, 11) is 0. The summed E-state index contributed by atoms with van der Waals surface area (Å²) < 4.78 is 0. The largest absolute Gasteiger partial charge is 0.299 e. The molecule has 70 valence electrons. The highest BCUT2D eigenvalue weighted by Gasteiger charge is 2.02. The first kappa shape index (κ1) is 10.2. The Morgan fingerprint density at radius 1 is 1.62 bits per heavy atom. The zero-order valence-corrected chi connectivity index (χ0v) is 8.60. The molecule has 0 aliphatic carbocycles. The van der Waals surface area contributed by atoms with E-state index in [9.17, 15) is 4.79 Å². The summed E-state index contributed by atoms with van der Waals surface area (Å²) in [6.45, 7) is 3.77. The van der Waals surface area contributed by atoms with Crippen molar-refractivity contribution in [3.8, 4) is 0 Å². The maximum absolute atomic E-state index is 11.0. The summed E-state index contributed by atoms with van der Waals surface area (Å²) in [6.07, 6.45) is 2.29. The van der Waals surface area contributed by atoms with Crippen LogP contribution in [-0.2, 0) is 4.79 Å². The monoisotopic (exact) mass is 196 g/mol. The second-order valence-corrected chi connectivity index (χ2v) is 3.60. The SMILES string of the molecule is CCC(=O)CSc1nccc(C)n1. The van der Waals surface area contributed by atoms with E-state index in [-0.39, 0.29) is 5.78 Å². The van der Waals surface area contributed by atoms with Crippen molar-refractivity contribution in [2.75, 3.05) is 5.75 Å². The lowest BCUT2D eigenvalue weighted by atomic mass is 10.4. The van der Waals surface area contributed by atoms with E-state index < -0.39 is 0 Å². The van der Waals surface area contributed by atoms with Crippen LogP contribution in [0.5, 0.6) is 0 Å². The van der Waals surface area contributed by atoms with Crippen molar-refractivity contribution in [3.05, 3.63) is 18.0 Å². The molecule has 1 aromatic heterocycles. The standard InChI is InChI=1S/C9H12N2OS/c1-3-8(12)6-13-9-10-5-4-7(2)11-9/h4-5H,3,6H2,1-2H3. The number of thioether (sulfide) groups is 1. The van der Waals surface area contributed by atoms with Crippen molar-refractivity contribution in [3.63, 3.8) is 0 Å². The quantitative estimate of drug-likeness (QED) is 0.544. The maximum Gasteiger partial charge on any atom is 0.188 e. The van der Waals surface area contributed by atoms with Crippen LogP contribution in [0.15, 0.2) is 17.4 Å². The molecule has 1 rings (SSSR count). The maximum atomic E-state index is 11.0. The van der Waals surface area contributed by atoms with Gasteiger partial charge in [0.25, 0.3) is 0 Å². The predicted molar refractivity (Wildman–Crippen MR) is 52.8 cm³/mol. The van der Waals surface area contributed by atoms with Crippen LogP contribution in [0.25, 0.3) is 0 Å². The second-order valence-electron chi connectivity index (χ2n) is 2.66. The molecule has 0 saturated heterocycles. The van der Waals surface area contributed by atoms with Gasteiger partial charge in [-0.1, -0.05) is 18.7 Å². The van der Waals surface area contributed by atoms with E-state index in [4.69, 9.17) is 0 Å². The Labute approximate surface area is 82.0 Å². The van der Waals surface area contributed by atoms with E-state index in [2.05, 4.69) is 9.97 Å². The normalized spacial score (nSPS) is 10.0. The topological polar surface area (TPSA) is 42.9 Å². The molecule has 0 aliphatic heterocycles. The van der Waals surface area contributed by atoms with E-state index in [0.29, 0.717) is 17.3 Å². The number of aryl methyl sites for hydroxylation is 1. The first-order valence-electron chi connectivity index (χ1n) is 4.16. The second kappa shape index (κ2) is 4.97. The molecule has 1 aromatic rings. The third-order valence-corrected chi connectivity index (χ3v) is 2.45. The van der Waals surface area contributed by atoms with E-state index in [1.165, 1.54) is 11.8 Å². The lowest BCUT2D eigenvalue weighted by Gasteiger charge is -1.98. The molecule has 0 bridgehead atoms. The number of aromatic nitrogens is 2. The Morgan fingerprint density at radius 2 is 2.38 bits per heavy atom. The molecule has 0 aromatic carbocycles. The van der Waals surface area contributed by atoms with Crippen LogP contribution < -0.4 is 0 Å². The summed E-state index contributed by atoms with van der Waals surface area (Å²) in [5.74, 6) is 0.704. The van der Waals surface area contributed by atoms with Crippen LogP contribution in [0.4, 0.5) is 0 Å². The van der Waals surface area contributed by atoms with Crippen molar-refractivity contribution in [1.82, 2.24) is 9.97 Å². The number of hydrogen-bond donors (Lipinski definition) is 0. The van der Waals surface area contributed by atoms with Crippen LogP contribution in [-0.4, -0.2) is 21.5 Å². The van der Waals surface area contributed by atoms with Gasteiger partial charge in [0, 0.05) is 18.3 Å². The average molecular weight is 196 g/mol. The van der Waals surface area contributed by atoms with Crippen LogP contribution in [0.2, 0.25) is 0 Å².